The Kier molecular flexibility index (Phi) is 4.94. The summed E-state index contributed by atoms with van der Waals surface area (Å²) in [6.07, 6.45) is 1.80. The molecule has 4 nitrogen and oxygen atoms in total. The first-order valence-corrected chi connectivity index (χ1v) is 8.69. The number of nitrogens with zero attached hydrogens (tertiary/aromatic N) is 1. The molecule has 0 unspecified atom stereocenters. The second-order valence-corrected chi connectivity index (χ2v) is 7.38. The van der Waals surface area contributed by atoms with E-state index >= 15 is 0 Å². The predicted molar refractivity (Wildman–Crippen MR) is 79.7 cm³/mol. The number of ether oxygens (including phenoxy) is 1. The van der Waals surface area contributed by atoms with Crippen LogP contribution in [0.1, 0.15) is 25.3 Å². The number of sulfonamides is 1. The van der Waals surface area contributed by atoms with Crippen molar-refractivity contribution in [1.29, 1.82) is 0 Å². The lowest BCUT2D eigenvalue weighted by molar-refractivity contribution is 0.287. The first-order chi connectivity index (χ1) is 9.48. The van der Waals surface area contributed by atoms with Crippen LogP contribution in [0, 0.1) is 5.92 Å². The van der Waals surface area contributed by atoms with Crippen LogP contribution in [-0.2, 0) is 15.9 Å². The number of halogens is 1. The van der Waals surface area contributed by atoms with Gasteiger partial charge in [0, 0.05) is 19.0 Å². The van der Waals surface area contributed by atoms with Gasteiger partial charge in [-0.15, -0.1) is 11.6 Å². The van der Waals surface area contributed by atoms with E-state index in [2.05, 4.69) is 6.92 Å². The van der Waals surface area contributed by atoms with Gasteiger partial charge in [0.25, 0.3) is 0 Å². The largest absolute Gasteiger partial charge is 0.495 e. The lowest BCUT2D eigenvalue weighted by Gasteiger charge is -2.29. The predicted octanol–water partition coefficient (Wildman–Crippen LogP) is 2.85. The topological polar surface area (TPSA) is 46.6 Å². The van der Waals surface area contributed by atoms with Crippen molar-refractivity contribution in [2.45, 2.75) is 30.5 Å². The molecule has 1 saturated heterocycles. The Morgan fingerprint density at radius 3 is 2.55 bits per heavy atom. The molecule has 0 amide bonds. The molecule has 0 saturated carbocycles. The van der Waals surface area contributed by atoms with Crippen molar-refractivity contribution in [3.8, 4) is 5.75 Å². The summed E-state index contributed by atoms with van der Waals surface area (Å²) >= 11 is 5.80. The molecule has 0 aromatic heterocycles. The van der Waals surface area contributed by atoms with Crippen molar-refractivity contribution in [2.75, 3.05) is 20.2 Å². The van der Waals surface area contributed by atoms with Crippen LogP contribution in [0.4, 0.5) is 0 Å². The van der Waals surface area contributed by atoms with Crippen LogP contribution in [0.5, 0.6) is 5.75 Å². The van der Waals surface area contributed by atoms with Gasteiger partial charge in [0.2, 0.25) is 10.0 Å². The van der Waals surface area contributed by atoms with E-state index in [1.54, 1.807) is 22.5 Å². The maximum atomic E-state index is 12.7. The van der Waals surface area contributed by atoms with E-state index in [4.69, 9.17) is 16.3 Å². The summed E-state index contributed by atoms with van der Waals surface area (Å²) in [5.74, 6) is 1.24. The highest BCUT2D eigenvalue weighted by molar-refractivity contribution is 7.89. The molecule has 0 aliphatic carbocycles. The molecule has 0 radical (unpaired) electrons. The van der Waals surface area contributed by atoms with Crippen molar-refractivity contribution in [1.82, 2.24) is 4.31 Å². The Morgan fingerprint density at radius 2 is 2.00 bits per heavy atom. The fraction of sp³-hybridized carbons (Fsp3) is 0.571. The monoisotopic (exact) mass is 317 g/mol. The van der Waals surface area contributed by atoms with Crippen LogP contribution in [0.2, 0.25) is 0 Å². The normalized spacial score (nSPS) is 18.1. The number of methoxy groups -OCH3 is 1. The van der Waals surface area contributed by atoms with Crippen molar-refractivity contribution in [2.24, 2.45) is 5.92 Å². The molecule has 6 heteroatoms. The van der Waals surface area contributed by atoms with Crippen LogP contribution < -0.4 is 4.74 Å². The fourth-order valence-corrected chi connectivity index (χ4v) is 4.21. The smallest absolute Gasteiger partial charge is 0.246 e. The highest BCUT2D eigenvalue weighted by Crippen LogP contribution is 2.30. The summed E-state index contributed by atoms with van der Waals surface area (Å²) in [5, 5.41) is 0. The average molecular weight is 318 g/mol. The molecule has 112 valence electrons. The first-order valence-electron chi connectivity index (χ1n) is 6.72. The van der Waals surface area contributed by atoms with Crippen LogP contribution in [0.15, 0.2) is 23.1 Å². The van der Waals surface area contributed by atoms with E-state index < -0.39 is 10.0 Å². The Labute approximate surface area is 125 Å². The Morgan fingerprint density at radius 1 is 1.35 bits per heavy atom. The van der Waals surface area contributed by atoms with E-state index in [1.165, 1.54) is 7.11 Å². The molecule has 2 rings (SSSR count). The second-order valence-electron chi connectivity index (χ2n) is 5.21. The summed E-state index contributed by atoms with van der Waals surface area (Å²) in [4.78, 5) is 0.215. The van der Waals surface area contributed by atoms with Gasteiger partial charge in [-0.1, -0.05) is 13.0 Å². The quantitative estimate of drug-likeness (QED) is 0.802. The number of benzene rings is 1. The van der Waals surface area contributed by atoms with Gasteiger partial charge in [0.1, 0.15) is 10.6 Å². The Bertz CT molecular complexity index is 566. The lowest BCUT2D eigenvalue weighted by atomic mass is 10.0. The maximum Gasteiger partial charge on any atom is 0.246 e. The number of hydrogen-bond acceptors (Lipinski definition) is 3. The fourth-order valence-electron chi connectivity index (χ4n) is 2.37. The average Bonchev–Trinajstić information content (AvgIpc) is 2.47. The number of alkyl halides is 1. The SMILES string of the molecule is COc1ccc(CCl)cc1S(=O)(=O)N1CCC(C)CC1. The molecule has 1 aliphatic heterocycles. The van der Waals surface area contributed by atoms with Crippen LogP contribution in [-0.4, -0.2) is 32.9 Å². The molecule has 1 heterocycles. The molecule has 1 fully saturated rings. The molecule has 0 N–H and O–H groups in total. The Hall–Kier alpha value is -0.780. The third-order valence-corrected chi connectivity index (χ3v) is 5.97. The van der Waals surface area contributed by atoms with Crippen LogP contribution in [0.3, 0.4) is 0 Å². The van der Waals surface area contributed by atoms with Crippen molar-refractivity contribution in [3.63, 3.8) is 0 Å². The van der Waals surface area contributed by atoms with Gasteiger partial charge >= 0.3 is 0 Å². The second kappa shape index (κ2) is 6.33. The van der Waals surface area contributed by atoms with E-state index in [1.807, 2.05) is 0 Å². The molecule has 20 heavy (non-hydrogen) atoms. The van der Waals surface area contributed by atoms with Gasteiger partial charge in [-0.3, -0.25) is 0 Å². The zero-order valence-electron chi connectivity index (χ0n) is 11.8. The van der Waals surface area contributed by atoms with E-state index in [0.717, 1.165) is 18.4 Å². The molecule has 1 aliphatic rings. The minimum absolute atomic E-state index is 0.215. The molecule has 1 aromatic rings. The summed E-state index contributed by atoms with van der Waals surface area (Å²) in [6, 6.07) is 5.06. The summed E-state index contributed by atoms with van der Waals surface area (Å²) in [5.41, 5.74) is 0.774. The van der Waals surface area contributed by atoms with Gasteiger partial charge in [-0.2, -0.15) is 4.31 Å². The van der Waals surface area contributed by atoms with Gasteiger partial charge in [0.05, 0.1) is 7.11 Å². The van der Waals surface area contributed by atoms with Crippen LogP contribution in [0.25, 0.3) is 0 Å². The number of hydrogen-bond donors (Lipinski definition) is 0. The molecule has 0 atom stereocenters. The number of rotatable bonds is 4. The third-order valence-electron chi connectivity index (χ3n) is 3.74. The van der Waals surface area contributed by atoms with Crippen LogP contribution >= 0.6 is 11.6 Å². The number of piperidine rings is 1. The van der Waals surface area contributed by atoms with E-state index in [9.17, 15) is 8.42 Å². The minimum Gasteiger partial charge on any atom is -0.495 e. The van der Waals surface area contributed by atoms with Gasteiger partial charge in [0.15, 0.2) is 0 Å². The molecule has 0 bridgehead atoms. The standard InChI is InChI=1S/C14H20ClNO3S/c1-11-5-7-16(8-6-11)20(17,18)14-9-12(10-15)3-4-13(14)19-2/h3-4,9,11H,5-8,10H2,1-2H3. The van der Waals surface area contributed by atoms with Crippen molar-refractivity contribution < 1.29 is 13.2 Å². The van der Waals surface area contributed by atoms with E-state index in [-0.39, 0.29) is 10.8 Å². The zero-order chi connectivity index (χ0) is 14.8. The van der Waals surface area contributed by atoms with Gasteiger partial charge in [-0.05, 0) is 36.5 Å². The highest BCUT2D eigenvalue weighted by Gasteiger charge is 2.30. The first kappa shape index (κ1) is 15.6. The maximum absolute atomic E-state index is 12.7. The third kappa shape index (κ3) is 3.10. The Balaban J connectivity index is 2.37. The molecule has 1 aromatic carbocycles. The van der Waals surface area contributed by atoms with Gasteiger partial charge in [-0.25, -0.2) is 8.42 Å². The molecule has 0 spiro atoms. The summed E-state index contributed by atoms with van der Waals surface area (Å²) in [6.45, 7) is 3.29. The van der Waals surface area contributed by atoms with Gasteiger partial charge < -0.3 is 4.74 Å². The summed E-state index contributed by atoms with van der Waals surface area (Å²) < 4.78 is 32.2. The van der Waals surface area contributed by atoms with E-state index in [0.29, 0.717) is 24.8 Å². The van der Waals surface area contributed by atoms with Crippen molar-refractivity contribution in [3.05, 3.63) is 23.8 Å². The summed E-state index contributed by atoms with van der Waals surface area (Å²) in [7, 11) is -2.03. The molecular formula is C14H20ClNO3S. The minimum atomic E-state index is -3.51. The van der Waals surface area contributed by atoms with Crippen molar-refractivity contribution >= 4 is 21.6 Å². The zero-order valence-corrected chi connectivity index (χ0v) is 13.4. The highest BCUT2D eigenvalue weighted by atomic mass is 35.5. The molecular weight excluding hydrogens is 298 g/mol. The lowest BCUT2D eigenvalue weighted by Crippen LogP contribution is -2.38.